The number of aryl methyl sites for hydroxylation is 1. The summed E-state index contributed by atoms with van der Waals surface area (Å²) in [5.41, 5.74) is 3.75. The SMILES string of the molecule is CCc1cc(C(=O)NCC2CCC(=O)N2)cc(NN)n1. The number of carbonyl (C=O) groups excluding carboxylic acids is 2. The Labute approximate surface area is 117 Å². The predicted molar refractivity (Wildman–Crippen MR) is 74.9 cm³/mol. The van der Waals surface area contributed by atoms with Crippen LogP contribution >= 0.6 is 0 Å². The van der Waals surface area contributed by atoms with E-state index in [2.05, 4.69) is 21.0 Å². The molecular formula is C13H19N5O2. The normalized spacial score (nSPS) is 17.7. The second kappa shape index (κ2) is 6.33. The maximum atomic E-state index is 12.1. The van der Waals surface area contributed by atoms with Gasteiger partial charge in [-0.05, 0) is 25.0 Å². The van der Waals surface area contributed by atoms with E-state index in [0.29, 0.717) is 30.8 Å². The van der Waals surface area contributed by atoms with Crippen LogP contribution in [0.3, 0.4) is 0 Å². The predicted octanol–water partition coefficient (Wildman–Crippen LogP) is -0.0620. The Hall–Kier alpha value is -2.15. The van der Waals surface area contributed by atoms with Crippen LogP contribution < -0.4 is 21.9 Å². The maximum absolute atomic E-state index is 12.1. The minimum atomic E-state index is -0.195. The number of nitrogen functional groups attached to an aromatic ring is 1. The van der Waals surface area contributed by atoms with Gasteiger partial charge in [-0.1, -0.05) is 6.92 Å². The minimum Gasteiger partial charge on any atom is -0.352 e. The number of nitrogens with zero attached hydrogens (tertiary/aromatic N) is 1. The lowest BCUT2D eigenvalue weighted by Crippen LogP contribution is -2.38. The van der Waals surface area contributed by atoms with Gasteiger partial charge in [0.1, 0.15) is 5.82 Å². The Balaban J connectivity index is 1.99. The summed E-state index contributed by atoms with van der Waals surface area (Å²) in [4.78, 5) is 27.4. The highest BCUT2D eigenvalue weighted by atomic mass is 16.2. The molecule has 1 aliphatic heterocycles. The molecular weight excluding hydrogens is 258 g/mol. The van der Waals surface area contributed by atoms with Crippen molar-refractivity contribution in [3.05, 3.63) is 23.4 Å². The largest absolute Gasteiger partial charge is 0.352 e. The average molecular weight is 277 g/mol. The molecule has 1 aromatic rings. The molecule has 7 nitrogen and oxygen atoms in total. The Morgan fingerprint density at radius 3 is 2.95 bits per heavy atom. The Morgan fingerprint density at radius 1 is 1.55 bits per heavy atom. The molecule has 1 aliphatic rings. The number of carbonyl (C=O) groups is 2. The number of hydrogen-bond acceptors (Lipinski definition) is 5. The van der Waals surface area contributed by atoms with Crippen molar-refractivity contribution in [2.24, 2.45) is 5.84 Å². The molecule has 0 saturated carbocycles. The number of amides is 2. The number of pyridine rings is 1. The van der Waals surface area contributed by atoms with Crippen molar-refractivity contribution in [3.63, 3.8) is 0 Å². The molecule has 0 aromatic carbocycles. The van der Waals surface area contributed by atoms with Crippen LogP contribution in [0, 0.1) is 0 Å². The van der Waals surface area contributed by atoms with Crippen LogP contribution in [0.4, 0.5) is 5.82 Å². The first kappa shape index (κ1) is 14.3. The second-order valence-electron chi connectivity index (χ2n) is 4.74. The van der Waals surface area contributed by atoms with Crippen LogP contribution in [0.2, 0.25) is 0 Å². The van der Waals surface area contributed by atoms with Crippen molar-refractivity contribution < 1.29 is 9.59 Å². The fraction of sp³-hybridized carbons (Fsp3) is 0.462. The lowest BCUT2D eigenvalue weighted by Gasteiger charge is -2.12. The van der Waals surface area contributed by atoms with Crippen molar-refractivity contribution in [3.8, 4) is 0 Å². The van der Waals surface area contributed by atoms with Gasteiger partial charge >= 0.3 is 0 Å². The number of hydrogen-bond donors (Lipinski definition) is 4. The maximum Gasteiger partial charge on any atom is 0.251 e. The molecule has 5 N–H and O–H groups in total. The van der Waals surface area contributed by atoms with Crippen LogP contribution in [0.15, 0.2) is 12.1 Å². The van der Waals surface area contributed by atoms with E-state index in [9.17, 15) is 9.59 Å². The van der Waals surface area contributed by atoms with Crippen molar-refractivity contribution in [2.75, 3.05) is 12.0 Å². The molecule has 20 heavy (non-hydrogen) atoms. The number of rotatable bonds is 5. The first-order valence-corrected chi connectivity index (χ1v) is 6.67. The second-order valence-corrected chi connectivity index (χ2v) is 4.74. The molecule has 1 fully saturated rings. The van der Waals surface area contributed by atoms with Gasteiger partial charge in [0.25, 0.3) is 5.91 Å². The molecule has 2 amide bonds. The van der Waals surface area contributed by atoms with E-state index in [4.69, 9.17) is 5.84 Å². The molecule has 0 spiro atoms. The van der Waals surface area contributed by atoms with Gasteiger partial charge in [-0.25, -0.2) is 10.8 Å². The first-order chi connectivity index (χ1) is 9.62. The van der Waals surface area contributed by atoms with Gasteiger partial charge in [0, 0.05) is 30.3 Å². The Morgan fingerprint density at radius 2 is 2.35 bits per heavy atom. The molecule has 1 saturated heterocycles. The molecule has 1 aromatic heterocycles. The average Bonchev–Trinajstić information content (AvgIpc) is 2.89. The third kappa shape index (κ3) is 3.45. The van der Waals surface area contributed by atoms with E-state index in [1.807, 2.05) is 6.92 Å². The molecule has 1 atom stereocenters. The summed E-state index contributed by atoms with van der Waals surface area (Å²) >= 11 is 0. The van der Waals surface area contributed by atoms with Crippen LogP contribution in [-0.4, -0.2) is 29.4 Å². The standard InChI is InChI=1S/C13H19N5O2/c1-2-9-5-8(6-11(16-9)18-14)13(20)15-7-10-3-4-12(19)17-10/h5-6,10H,2-4,7,14H2,1H3,(H,15,20)(H,16,18)(H,17,19). The summed E-state index contributed by atoms with van der Waals surface area (Å²) in [7, 11) is 0. The quantitative estimate of drug-likeness (QED) is 0.445. The highest BCUT2D eigenvalue weighted by molar-refractivity contribution is 5.95. The molecule has 2 rings (SSSR count). The van der Waals surface area contributed by atoms with Gasteiger partial charge in [-0.2, -0.15) is 0 Å². The number of aromatic nitrogens is 1. The van der Waals surface area contributed by atoms with E-state index < -0.39 is 0 Å². The van der Waals surface area contributed by atoms with E-state index in [0.717, 1.165) is 12.1 Å². The highest BCUT2D eigenvalue weighted by Gasteiger charge is 2.21. The number of hydrazine groups is 1. The van der Waals surface area contributed by atoms with Gasteiger partial charge in [0.15, 0.2) is 0 Å². The van der Waals surface area contributed by atoms with Crippen LogP contribution in [0.25, 0.3) is 0 Å². The Kier molecular flexibility index (Phi) is 4.52. The summed E-state index contributed by atoms with van der Waals surface area (Å²) in [6, 6.07) is 3.36. The number of anilines is 1. The third-order valence-corrected chi connectivity index (χ3v) is 3.24. The molecule has 0 aliphatic carbocycles. The van der Waals surface area contributed by atoms with Gasteiger partial charge in [0.2, 0.25) is 5.91 Å². The Bertz CT molecular complexity index is 495. The lowest BCUT2D eigenvalue weighted by molar-refractivity contribution is -0.119. The van der Waals surface area contributed by atoms with Gasteiger partial charge < -0.3 is 16.1 Å². The van der Waals surface area contributed by atoms with Crippen LogP contribution in [0.1, 0.15) is 35.8 Å². The number of nitrogens with two attached hydrogens (primary N) is 1. The first-order valence-electron chi connectivity index (χ1n) is 6.67. The smallest absolute Gasteiger partial charge is 0.251 e. The van der Waals surface area contributed by atoms with Crippen molar-refractivity contribution in [2.45, 2.75) is 32.2 Å². The van der Waals surface area contributed by atoms with E-state index in [1.54, 1.807) is 12.1 Å². The fourth-order valence-corrected chi connectivity index (χ4v) is 2.12. The summed E-state index contributed by atoms with van der Waals surface area (Å²) < 4.78 is 0. The van der Waals surface area contributed by atoms with E-state index >= 15 is 0 Å². The summed E-state index contributed by atoms with van der Waals surface area (Å²) in [6.45, 7) is 2.39. The van der Waals surface area contributed by atoms with Gasteiger partial charge in [-0.15, -0.1) is 0 Å². The zero-order chi connectivity index (χ0) is 14.5. The highest BCUT2D eigenvalue weighted by Crippen LogP contribution is 2.11. The fourth-order valence-electron chi connectivity index (χ4n) is 2.12. The zero-order valence-electron chi connectivity index (χ0n) is 11.4. The van der Waals surface area contributed by atoms with Gasteiger partial charge in [-0.3, -0.25) is 9.59 Å². The molecule has 7 heteroatoms. The van der Waals surface area contributed by atoms with Crippen LogP contribution in [-0.2, 0) is 11.2 Å². The van der Waals surface area contributed by atoms with E-state index in [1.165, 1.54) is 0 Å². The molecule has 0 radical (unpaired) electrons. The van der Waals surface area contributed by atoms with Crippen LogP contribution in [0.5, 0.6) is 0 Å². The summed E-state index contributed by atoms with van der Waals surface area (Å²) in [5, 5.41) is 5.62. The molecule has 2 heterocycles. The molecule has 108 valence electrons. The van der Waals surface area contributed by atoms with Crippen molar-refractivity contribution >= 4 is 17.6 Å². The summed E-state index contributed by atoms with van der Waals surface area (Å²) in [5.74, 6) is 5.64. The number of nitrogens with one attached hydrogen (secondary N) is 3. The van der Waals surface area contributed by atoms with Crippen molar-refractivity contribution in [1.82, 2.24) is 15.6 Å². The topological polar surface area (TPSA) is 109 Å². The molecule has 1 unspecified atom stereocenters. The monoisotopic (exact) mass is 277 g/mol. The minimum absolute atomic E-state index is 0.0195. The van der Waals surface area contributed by atoms with Crippen molar-refractivity contribution in [1.29, 1.82) is 0 Å². The van der Waals surface area contributed by atoms with Gasteiger partial charge in [0.05, 0.1) is 0 Å². The summed E-state index contributed by atoms with van der Waals surface area (Å²) in [6.07, 6.45) is 2.00. The molecule has 0 bridgehead atoms. The zero-order valence-corrected chi connectivity index (χ0v) is 11.4. The third-order valence-electron chi connectivity index (χ3n) is 3.24. The van der Waals surface area contributed by atoms with E-state index in [-0.39, 0.29) is 17.9 Å². The lowest BCUT2D eigenvalue weighted by atomic mass is 10.1.